The van der Waals surface area contributed by atoms with E-state index in [4.69, 9.17) is 9.47 Å². The summed E-state index contributed by atoms with van der Waals surface area (Å²) < 4.78 is 10.9. The molecule has 2 aromatic rings. The van der Waals surface area contributed by atoms with Gasteiger partial charge in [-0.05, 0) is 43.0 Å². The summed E-state index contributed by atoms with van der Waals surface area (Å²) in [6.07, 6.45) is 0.849. The van der Waals surface area contributed by atoms with Crippen LogP contribution in [0.3, 0.4) is 0 Å². The lowest BCUT2D eigenvalue weighted by atomic mass is 10.0. The first-order valence-corrected chi connectivity index (χ1v) is 8.14. The Labute approximate surface area is 138 Å². The van der Waals surface area contributed by atoms with Crippen molar-refractivity contribution in [3.05, 3.63) is 54.1 Å². The molecule has 0 heterocycles. The molecular weight excluding hydrogens is 288 g/mol. The molecule has 2 aromatic carbocycles. The molecule has 0 unspecified atom stereocenters. The maximum Gasteiger partial charge on any atom is 0.347 e. The molecule has 0 aromatic heterocycles. The van der Waals surface area contributed by atoms with Gasteiger partial charge in [0.15, 0.2) is 6.10 Å². The standard InChI is InChI=1S/C20H24O3/c1-4-14-22-20(21)19(5-2)23-18-12-10-17(11-13-18)16-8-6-15(3)7-9-16/h6-13,19H,4-5,14H2,1-3H3/t19-/m0/s1. The molecule has 2 rings (SSSR count). The van der Waals surface area contributed by atoms with Crippen molar-refractivity contribution in [3.63, 3.8) is 0 Å². The van der Waals surface area contributed by atoms with Gasteiger partial charge in [0.05, 0.1) is 6.61 Å². The van der Waals surface area contributed by atoms with Crippen LogP contribution >= 0.6 is 0 Å². The van der Waals surface area contributed by atoms with E-state index in [9.17, 15) is 4.79 Å². The molecule has 0 saturated carbocycles. The SMILES string of the molecule is CCCOC(=O)[C@H](CC)Oc1ccc(-c2ccc(C)cc2)cc1. The second kappa shape index (κ2) is 8.37. The van der Waals surface area contributed by atoms with Crippen LogP contribution in [0.1, 0.15) is 32.3 Å². The number of rotatable bonds is 7. The molecule has 0 aliphatic heterocycles. The van der Waals surface area contributed by atoms with Gasteiger partial charge >= 0.3 is 5.97 Å². The predicted molar refractivity (Wildman–Crippen MR) is 92.6 cm³/mol. The Balaban J connectivity index is 2.03. The molecule has 23 heavy (non-hydrogen) atoms. The van der Waals surface area contributed by atoms with E-state index in [0.717, 1.165) is 17.5 Å². The van der Waals surface area contributed by atoms with Gasteiger partial charge in [-0.3, -0.25) is 0 Å². The van der Waals surface area contributed by atoms with Gasteiger partial charge in [-0.25, -0.2) is 4.79 Å². The summed E-state index contributed by atoms with van der Waals surface area (Å²) >= 11 is 0. The van der Waals surface area contributed by atoms with E-state index in [2.05, 4.69) is 31.2 Å². The molecule has 0 fully saturated rings. The van der Waals surface area contributed by atoms with Crippen LogP contribution in [0.2, 0.25) is 0 Å². The van der Waals surface area contributed by atoms with E-state index in [1.54, 1.807) is 0 Å². The minimum Gasteiger partial charge on any atom is -0.479 e. The molecule has 0 aliphatic carbocycles. The molecule has 0 N–H and O–H groups in total. The molecule has 0 radical (unpaired) electrons. The van der Waals surface area contributed by atoms with E-state index in [1.165, 1.54) is 5.56 Å². The number of benzene rings is 2. The molecule has 0 aliphatic rings. The van der Waals surface area contributed by atoms with Crippen LogP contribution in [0.5, 0.6) is 5.75 Å². The lowest BCUT2D eigenvalue weighted by Gasteiger charge is -2.16. The Morgan fingerprint density at radius 1 is 0.957 bits per heavy atom. The first kappa shape index (κ1) is 17.1. The van der Waals surface area contributed by atoms with Gasteiger partial charge in [-0.2, -0.15) is 0 Å². The zero-order valence-corrected chi connectivity index (χ0v) is 14.0. The highest BCUT2D eigenvalue weighted by molar-refractivity contribution is 5.75. The lowest BCUT2D eigenvalue weighted by Crippen LogP contribution is -2.28. The molecule has 0 spiro atoms. The molecule has 0 saturated heterocycles. The number of carbonyl (C=O) groups is 1. The second-order valence-corrected chi connectivity index (χ2v) is 5.57. The van der Waals surface area contributed by atoms with Crippen LogP contribution in [-0.2, 0) is 9.53 Å². The largest absolute Gasteiger partial charge is 0.479 e. The minimum absolute atomic E-state index is 0.294. The van der Waals surface area contributed by atoms with Gasteiger partial charge < -0.3 is 9.47 Å². The van der Waals surface area contributed by atoms with Crippen LogP contribution in [0.15, 0.2) is 48.5 Å². The normalized spacial score (nSPS) is 11.8. The van der Waals surface area contributed by atoms with Crippen molar-refractivity contribution < 1.29 is 14.3 Å². The Kier molecular flexibility index (Phi) is 6.21. The fourth-order valence-corrected chi connectivity index (χ4v) is 2.23. The monoisotopic (exact) mass is 312 g/mol. The maximum absolute atomic E-state index is 11.9. The third-order valence-electron chi connectivity index (χ3n) is 3.60. The summed E-state index contributed by atoms with van der Waals surface area (Å²) in [5, 5.41) is 0. The zero-order chi connectivity index (χ0) is 16.7. The summed E-state index contributed by atoms with van der Waals surface area (Å²) in [4.78, 5) is 11.9. The second-order valence-electron chi connectivity index (χ2n) is 5.57. The third-order valence-corrected chi connectivity index (χ3v) is 3.60. The van der Waals surface area contributed by atoms with Gasteiger partial charge in [-0.1, -0.05) is 55.8 Å². The highest BCUT2D eigenvalue weighted by atomic mass is 16.6. The van der Waals surface area contributed by atoms with Crippen molar-refractivity contribution in [1.82, 2.24) is 0 Å². The van der Waals surface area contributed by atoms with E-state index < -0.39 is 6.10 Å². The zero-order valence-electron chi connectivity index (χ0n) is 14.0. The van der Waals surface area contributed by atoms with Gasteiger partial charge in [0.2, 0.25) is 0 Å². The van der Waals surface area contributed by atoms with E-state index in [1.807, 2.05) is 38.1 Å². The fourth-order valence-electron chi connectivity index (χ4n) is 2.23. The molecule has 0 bridgehead atoms. The lowest BCUT2D eigenvalue weighted by molar-refractivity contribution is -0.152. The van der Waals surface area contributed by atoms with Crippen LogP contribution < -0.4 is 4.74 Å². The van der Waals surface area contributed by atoms with Crippen LogP contribution in [-0.4, -0.2) is 18.7 Å². The summed E-state index contributed by atoms with van der Waals surface area (Å²) in [6.45, 7) is 6.39. The number of hydrogen-bond donors (Lipinski definition) is 0. The maximum atomic E-state index is 11.9. The number of ether oxygens (including phenoxy) is 2. The van der Waals surface area contributed by atoms with Crippen molar-refractivity contribution in [2.75, 3.05) is 6.61 Å². The summed E-state index contributed by atoms with van der Waals surface area (Å²) in [5.41, 5.74) is 3.53. The summed E-state index contributed by atoms with van der Waals surface area (Å²) in [6, 6.07) is 16.2. The van der Waals surface area contributed by atoms with E-state index in [0.29, 0.717) is 18.8 Å². The van der Waals surface area contributed by atoms with Crippen LogP contribution in [0.4, 0.5) is 0 Å². The van der Waals surface area contributed by atoms with E-state index >= 15 is 0 Å². The number of esters is 1. The number of carbonyl (C=O) groups excluding carboxylic acids is 1. The summed E-state index contributed by atoms with van der Waals surface area (Å²) in [5.74, 6) is 0.387. The van der Waals surface area contributed by atoms with Gasteiger partial charge in [0.25, 0.3) is 0 Å². The molecule has 1 atom stereocenters. The van der Waals surface area contributed by atoms with Gasteiger partial charge in [-0.15, -0.1) is 0 Å². The summed E-state index contributed by atoms with van der Waals surface area (Å²) in [7, 11) is 0. The van der Waals surface area contributed by atoms with Crippen LogP contribution in [0, 0.1) is 6.92 Å². The van der Waals surface area contributed by atoms with Crippen LogP contribution in [0.25, 0.3) is 11.1 Å². The quantitative estimate of drug-likeness (QED) is 0.691. The Morgan fingerprint density at radius 2 is 1.52 bits per heavy atom. The van der Waals surface area contributed by atoms with Crippen molar-refractivity contribution in [3.8, 4) is 16.9 Å². The molecular formula is C20H24O3. The Morgan fingerprint density at radius 3 is 2.04 bits per heavy atom. The highest BCUT2D eigenvalue weighted by Gasteiger charge is 2.19. The Hall–Kier alpha value is -2.29. The average molecular weight is 312 g/mol. The fraction of sp³-hybridized carbons (Fsp3) is 0.350. The smallest absolute Gasteiger partial charge is 0.347 e. The van der Waals surface area contributed by atoms with Crippen molar-refractivity contribution in [2.24, 2.45) is 0 Å². The molecule has 0 amide bonds. The first-order valence-electron chi connectivity index (χ1n) is 8.14. The van der Waals surface area contributed by atoms with Crippen molar-refractivity contribution in [2.45, 2.75) is 39.7 Å². The third kappa shape index (κ3) is 4.85. The highest BCUT2D eigenvalue weighted by Crippen LogP contribution is 2.23. The molecule has 3 nitrogen and oxygen atoms in total. The molecule has 122 valence electrons. The minimum atomic E-state index is -0.549. The number of hydrogen-bond acceptors (Lipinski definition) is 3. The predicted octanol–water partition coefficient (Wildman–Crippen LogP) is 4.77. The first-order chi connectivity index (χ1) is 11.1. The van der Waals surface area contributed by atoms with Crippen molar-refractivity contribution >= 4 is 5.97 Å². The Bertz CT molecular complexity index is 614. The van der Waals surface area contributed by atoms with E-state index in [-0.39, 0.29) is 5.97 Å². The van der Waals surface area contributed by atoms with Gasteiger partial charge in [0, 0.05) is 0 Å². The average Bonchev–Trinajstić information content (AvgIpc) is 2.59. The molecule has 3 heteroatoms. The topological polar surface area (TPSA) is 35.5 Å². The van der Waals surface area contributed by atoms with Gasteiger partial charge in [0.1, 0.15) is 5.75 Å². The van der Waals surface area contributed by atoms with Crippen molar-refractivity contribution in [1.29, 1.82) is 0 Å². The number of aryl methyl sites for hydroxylation is 1.